The van der Waals surface area contributed by atoms with Gasteiger partial charge in [-0.2, -0.15) is 0 Å². The van der Waals surface area contributed by atoms with Crippen LogP contribution < -0.4 is 0 Å². The molecule has 9 heteroatoms. The SMILES string of the molecule is CCC(C=CS(=O)(=O)C(C)C)N1C(=O)C(C)(CC2COC(C)(C)O2)CC(c2cccc(Cl)c2)C1c1ccc(Cl)cc1. The highest BCUT2D eigenvalue weighted by Crippen LogP contribution is 2.53. The van der Waals surface area contributed by atoms with Crippen LogP contribution in [-0.4, -0.2) is 49.0 Å². The molecule has 2 saturated heterocycles. The van der Waals surface area contributed by atoms with E-state index in [2.05, 4.69) is 0 Å². The summed E-state index contributed by atoms with van der Waals surface area (Å²) >= 11 is 12.8. The largest absolute Gasteiger partial charge is 0.348 e. The van der Waals surface area contributed by atoms with Crippen molar-refractivity contribution in [2.24, 2.45) is 5.41 Å². The van der Waals surface area contributed by atoms with E-state index in [4.69, 9.17) is 32.7 Å². The van der Waals surface area contributed by atoms with Crippen molar-refractivity contribution >= 4 is 38.9 Å². The molecular formula is C32H41Cl2NO5S. The Bertz CT molecular complexity index is 1370. The van der Waals surface area contributed by atoms with Crippen LogP contribution in [0.5, 0.6) is 0 Å². The number of carbonyl (C=O) groups is 1. The van der Waals surface area contributed by atoms with Crippen molar-refractivity contribution in [2.75, 3.05) is 6.61 Å². The molecule has 4 rings (SSSR count). The van der Waals surface area contributed by atoms with Crippen molar-refractivity contribution in [3.05, 3.63) is 81.2 Å². The Hall–Kier alpha value is -1.90. The van der Waals surface area contributed by atoms with Gasteiger partial charge in [0.15, 0.2) is 15.6 Å². The fourth-order valence-corrected chi connectivity index (χ4v) is 7.12. The van der Waals surface area contributed by atoms with Crippen LogP contribution in [0, 0.1) is 5.41 Å². The number of rotatable bonds is 9. The summed E-state index contributed by atoms with van der Waals surface area (Å²) in [6.07, 6.45) is 3.00. The minimum absolute atomic E-state index is 0.0394. The highest BCUT2D eigenvalue weighted by Gasteiger charge is 2.53. The van der Waals surface area contributed by atoms with Gasteiger partial charge in [0.25, 0.3) is 0 Å². The maximum Gasteiger partial charge on any atom is 0.229 e. The molecule has 1 amide bonds. The van der Waals surface area contributed by atoms with E-state index in [0.717, 1.165) is 11.1 Å². The number of carbonyl (C=O) groups excluding carboxylic acids is 1. The van der Waals surface area contributed by atoms with Gasteiger partial charge in [-0.15, -0.1) is 0 Å². The van der Waals surface area contributed by atoms with E-state index in [0.29, 0.717) is 35.9 Å². The van der Waals surface area contributed by atoms with E-state index in [9.17, 15) is 13.2 Å². The summed E-state index contributed by atoms with van der Waals surface area (Å²) in [4.78, 5) is 16.6. The Kier molecular flexibility index (Phi) is 9.66. The molecule has 0 N–H and O–H groups in total. The molecule has 0 radical (unpaired) electrons. The molecule has 224 valence electrons. The summed E-state index contributed by atoms with van der Waals surface area (Å²) in [5.41, 5.74) is 1.14. The normalized spacial score (nSPS) is 27.6. The zero-order valence-corrected chi connectivity index (χ0v) is 27.0. The van der Waals surface area contributed by atoms with Crippen LogP contribution in [0.15, 0.2) is 60.0 Å². The Morgan fingerprint density at radius 3 is 2.29 bits per heavy atom. The summed E-state index contributed by atoms with van der Waals surface area (Å²) < 4.78 is 37.6. The van der Waals surface area contributed by atoms with Crippen molar-refractivity contribution in [1.82, 2.24) is 4.90 Å². The molecule has 2 aliphatic rings. The van der Waals surface area contributed by atoms with E-state index < -0.39 is 32.3 Å². The second-order valence-corrected chi connectivity index (χ2v) is 15.5. The summed E-state index contributed by atoms with van der Waals surface area (Å²) in [5, 5.41) is 1.93. The van der Waals surface area contributed by atoms with Crippen LogP contribution in [0.4, 0.5) is 0 Å². The highest BCUT2D eigenvalue weighted by atomic mass is 35.5. The molecule has 0 aliphatic carbocycles. The van der Waals surface area contributed by atoms with Gasteiger partial charge < -0.3 is 14.4 Å². The van der Waals surface area contributed by atoms with Crippen molar-refractivity contribution in [3.63, 3.8) is 0 Å². The molecule has 41 heavy (non-hydrogen) atoms. The number of piperidine rings is 1. The molecular weight excluding hydrogens is 581 g/mol. The third-order valence-electron chi connectivity index (χ3n) is 8.26. The average Bonchev–Trinajstić information content (AvgIpc) is 3.24. The number of hydrogen-bond acceptors (Lipinski definition) is 5. The van der Waals surface area contributed by atoms with Gasteiger partial charge in [0, 0.05) is 26.8 Å². The third kappa shape index (κ3) is 7.19. The minimum Gasteiger partial charge on any atom is -0.348 e. The topological polar surface area (TPSA) is 72.9 Å². The second kappa shape index (κ2) is 12.4. The summed E-state index contributed by atoms with van der Waals surface area (Å²) in [6.45, 7) is 11.4. The Balaban J connectivity index is 1.88. The lowest BCUT2D eigenvalue weighted by Gasteiger charge is -2.52. The molecule has 2 aromatic rings. The fourth-order valence-electron chi connectivity index (χ4n) is 6.08. The molecule has 6 nitrogen and oxygen atoms in total. The van der Waals surface area contributed by atoms with Crippen LogP contribution >= 0.6 is 23.2 Å². The van der Waals surface area contributed by atoms with Gasteiger partial charge in [-0.05, 0) is 82.3 Å². The van der Waals surface area contributed by atoms with Crippen LogP contribution in [-0.2, 0) is 24.1 Å². The second-order valence-electron chi connectivity index (χ2n) is 12.2. The van der Waals surface area contributed by atoms with Crippen LogP contribution in [0.25, 0.3) is 0 Å². The van der Waals surface area contributed by atoms with Gasteiger partial charge in [0.05, 0.1) is 30.0 Å². The van der Waals surface area contributed by atoms with E-state index in [-0.39, 0.29) is 24.0 Å². The lowest BCUT2D eigenvalue weighted by molar-refractivity contribution is -0.161. The number of likely N-dealkylation sites (tertiary alicyclic amines) is 1. The minimum atomic E-state index is -3.47. The van der Waals surface area contributed by atoms with Crippen molar-refractivity contribution in [2.45, 2.75) is 95.9 Å². The van der Waals surface area contributed by atoms with Gasteiger partial charge in [0.2, 0.25) is 5.91 Å². The van der Waals surface area contributed by atoms with Crippen LogP contribution in [0.3, 0.4) is 0 Å². The first-order valence-electron chi connectivity index (χ1n) is 14.2. The Morgan fingerprint density at radius 2 is 1.73 bits per heavy atom. The first-order chi connectivity index (χ1) is 19.2. The van der Waals surface area contributed by atoms with E-state index in [1.807, 2.05) is 81.1 Å². The first-order valence-corrected chi connectivity index (χ1v) is 16.6. The highest BCUT2D eigenvalue weighted by molar-refractivity contribution is 7.94. The third-order valence-corrected chi connectivity index (χ3v) is 10.6. The lowest BCUT2D eigenvalue weighted by Crippen LogP contribution is -2.56. The number of ether oxygens (including phenoxy) is 2. The van der Waals surface area contributed by atoms with Gasteiger partial charge in [0.1, 0.15) is 0 Å². The van der Waals surface area contributed by atoms with Gasteiger partial charge >= 0.3 is 0 Å². The average molecular weight is 623 g/mol. The van der Waals surface area contributed by atoms with E-state index >= 15 is 0 Å². The quantitative estimate of drug-likeness (QED) is 0.287. The maximum absolute atomic E-state index is 14.7. The van der Waals surface area contributed by atoms with Crippen molar-refractivity contribution < 1.29 is 22.7 Å². The molecule has 2 heterocycles. The summed E-state index contributed by atoms with van der Waals surface area (Å²) in [5.74, 6) is -0.879. The molecule has 2 fully saturated rings. The van der Waals surface area contributed by atoms with Gasteiger partial charge in [-0.1, -0.05) is 67.4 Å². The fraction of sp³-hybridized carbons (Fsp3) is 0.531. The number of nitrogens with zero attached hydrogens (tertiary/aromatic N) is 1. The van der Waals surface area contributed by atoms with Crippen molar-refractivity contribution in [3.8, 4) is 0 Å². The van der Waals surface area contributed by atoms with E-state index in [1.54, 1.807) is 19.9 Å². The molecule has 5 unspecified atom stereocenters. The molecule has 0 spiro atoms. The number of amides is 1. The van der Waals surface area contributed by atoms with Crippen LogP contribution in [0.1, 0.15) is 83.9 Å². The van der Waals surface area contributed by atoms with Crippen LogP contribution in [0.2, 0.25) is 10.0 Å². The predicted molar refractivity (Wildman–Crippen MR) is 165 cm³/mol. The number of benzene rings is 2. The maximum atomic E-state index is 14.7. The monoisotopic (exact) mass is 621 g/mol. The number of sulfone groups is 1. The summed E-state index contributed by atoms with van der Waals surface area (Å²) in [7, 11) is -3.47. The smallest absolute Gasteiger partial charge is 0.229 e. The zero-order valence-electron chi connectivity index (χ0n) is 24.6. The van der Waals surface area contributed by atoms with Crippen molar-refractivity contribution in [1.29, 1.82) is 0 Å². The Labute approximate surface area is 254 Å². The standard InChI is InChI=1S/C32H41Cl2NO5S/c1-7-26(15-16-41(37,38)21(2)3)35-29(22-11-13-24(33)14-12-22)28(23-9-8-10-25(34)17-23)19-32(6,30(35)36)18-27-20-39-31(4,5)40-27/h8-17,21,26-29H,7,18-20H2,1-6H3. The number of halogens is 2. The molecule has 0 aromatic heterocycles. The molecule has 2 aromatic carbocycles. The predicted octanol–water partition coefficient (Wildman–Crippen LogP) is 7.71. The lowest BCUT2D eigenvalue weighted by atomic mass is 9.66. The van der Waals surface area contributed by atoms with E-state index in [1.165, 1.54) is 5.41 Å². The molecule has 0 bridgehead atoms. The number of hydrogen-bond donors (Lipinski definition) is 0. The van der Waals surface area contributed by atoms with Gasteiger partial charge in [-0.3, -0.25) is 4.79 Å². The zero-order chi connectivity index (χ0) is 30.2. The molecule has 5 atom stereocenters. The Morgan fingerprint density at radius 1 is 1.05 bits per heavy atom. The van der Waals surface area contributed by atoms with Gasteiger partial charge in [-0.25, -0.2) is 8.42 Å². The molecule has 0 saturated carbocycles. The first kappa shape index (κ1) is 32.0. The molecule has 2 aliphatic heterocycles. The summed E-state index contributed by atoms with van der Waals surface area (Å²) in [6, 6.07) is 14.5.